The van der Waals surface area contributed by atoms with Crippen molar-refractivity contribution in [2.75, 3.05) is 32.4 Å². The van der Waals surface area contributed by atoms with E-state index in [0.29, 0.717) is 6.54 Å². The van der Waals surface area contributed by atoms with Crippen molar-refractivity contribution in [1.29, 1.82) is 0 Å². The maximum absolute atomic E-state index is 12.2. The first kappa shape index (κ1) is 15.7. The van der Waals surface area contributed by atoms with E-state index in [1.807, 2.05) is 7.05 Å². The van der Waals surface area contributed by atoms with Crippen LogP contribution in [0.3, 0.4) is 0 Å². The Labute approximate surface area is 123 Å². The summed E-state index contributed by atoms with van der Waals surface area (Å²) in [5, 5.41) is 8.85. The number of likely N-dealkylation sites (tertiary alicyclic amines) is 1. The van der Waals surface area contributed by atoms with Crippen LogP contribution in [0.25, 0.3) is 0 Å². The molecule has 2 rings (SSSR count). The third-order valence-corrected chi connectivity index (χ3v) is 5.09. The Balaban J connectivity index is 2.10. The normalized spacial score (nSPS) is 19.8. The number of benzene rings is 1. The number of nitrogens with one attached hydrogen (secondary N) is 1. The lowest BCUT2D eigenvalue weighted by Gasteiger charge is -2.13. The van der Waals surface area contributed by atoms with Gasteiger partial charge in [-0.15, -0.1) is 0 Å². The van der Waals surface area contributed by atoms with Gasteiger partial charge in [0, 0.05) is 13.1 Å². The van der Waals surface area contributed by atoms with Gasteiger partial charge in [-0.05, 0) is 44.1 Å². The maximum Gasteiger partial charge on any atom is 0.335 e. The molecule has 4 N–H and O–H groups in total. The van der Waals surface area contributed by atoms with Crippen molar-refractivity contribution >= 4 is 21.7 Å². The predicted molar refractivity (Wildman–Crippen MR) is 78.6 cm³/mol. The summed E-state index contributed by atoms with van der Waals surface area (Å²) in [6, 6.07) is 3.61. The van der Waals surface area contributed by atoms with Gasteiger partial charge in [-0.2, -0.15) is 0 Å². The highest BCUT2D eigenvalue weighted by molar-refractivity contribution is 7.89. The zero-order valence-corrected chi connectivity index (χ0v) is 12.6. The van der Waals surface area contributed by atoms with Crippen molar-refractivity contribution < 1.29 is 18.3 Å². The molecule has 0 saturated carbocycles. The van der Waals surface area contributed by atoms with Crippen LogP contribution in [-0.4, -0.2) is 51.1 Å². The highest BCUT2D eigenvalue weighted by Crippen LogP contribution is 2.21. The fourth-order valence-corrected chi connectivity index (χ4v) is 3.65. The van der Waals surface area contributed by atoms with E-state index in [1.165, 1.54) is 12.1 Å². The number of hydrogen-bond acceptors (Lipinski definition) is 5. The first-order valence-corrected chi connectivity index (χ1v) is 8.09. The molecular weight excluding hydrogens is 294 g/mol. The summed E-state index contributed by atoms with van der Waals surface area (Å²) in [6.07, 6.45) is 0.951. The lowest BCUT2D eigenvalue weighted by atomic mass is 10.1. The number of hydrogen-bond donors (Lipinski definition) is 3. The van der Waals surface area contributed by atoms with Gasteiger partial charge in [-0.1, -0.05) is 0 Å². The van der Waals surface area contributed by atoms with Gasteiger partial charge in [-0.25, -0.2) is 17.9 Å². The standard InChI is InChI=1S/C13H19N3O4S/c1-16-5-4-9(8-16)7-15-21(19,20)12-3-2-10(13(17)18)6-11(12)14/h2-3,6,9,15H,4-5,7-8,14H2,1H3,(H,17,18). The Morgan fingerprint density at radius 1 is 1.52 bits per heavy atom. The van der Waals surface area contributed by atoms with Crippen LogP contribution >= 0.6 is 0 Å². The SMILES string of the molecule is CN1CCC(CNS(=O)(=O)c2ccc(C(=O)O)cc2N)C1. The smallest absolute Gasteiger partial charge is 0.335 e. The minimum atomic E-state index is -3.72. The lowest BCUT2D eigenvalue weighted by molar-refractivity contribution is 0.0697. The summed E-state index contributed by atoms with van der Waals surface area (Å²) in [5.41, 5.74) is 5.56. The molecule has 0 bridgehead atoms. The fourth-order valence-electron chi connectivity index (χ4n) is 2.42. The molecule has 1 aliphatic heterocycles. The van der Waals surface area contributed by atoms with Gasteiger partial charge in [0.15, 0.2) is 0 Å². The number of nitrogen functional groups attached to an aromatic ring is 1. The van der Waals surface area contributed by atoms with Gasteiger partial charge in [-0.3, -0.25) is 0 Å². The number of rotatable bonds is 5. The third-order valence-electron chi connectivity index (χ3n) is 3.60. The Morgan fingerprint density at radius 2 is 2.24 bits per heavy atom. The molecular formula is C13H19N3O4S. The molecule has 116 valence electrons. The van der Waals surface area contributed by atoms with Gasteiger partial charge in [0.25, 0.3) is 0 Å². The number of anilines is 1. The van der Waals surface area contributed by atoms with E-state index in [1.54, 1.807) is 0 Å². The maximum atomic E-state index is 12.2. The highest BCUT2D eigenvalue weighted by atomic mass is 32.2. The van der Waals surface area contributed by atoms with Crippen LogP contribution in [0.1, 0.15) is 16.8 Å². The van der Waals surface area contributed by atoms with Crippen LogP contribution in [-0.2, 0) is 10.0 Å². The summed E-state index contributed by atoms with van der Waals surface area (Å²) < 4.78 is 27.0. The largest absolute Gasteiger partial charge is 0.478 e. The second kappa shape index (κ2) is 6.00. The molecule has 0 amide bonds. The van der Waals surface area contributed by atoms with Crippen LogP contribution in [0.15, 0.2) is 23.1 Å². The van der Waals surface area contributed by atoms with E-state index in [0.717, 1.165) is 25.6 Å². The summed E-state index contributed by atoms with van der Waals surface area (Å²) in [7, 11) is -1.73. The van der Waals surface area contributed by atoms with Crippen molar-refractivity contribution in [1.82, 2.24) is 9.62 Å². The monoisotopic (exact) mass is 313 g/mol. The van der Waals surface area contributed by atoms with E-state index in [9.17, 15) is 13.2 Å². The Bertz CT molecular complexity index is 645. The number of aromatic carboxylic acids is 1. The topological polar surface area (TPSA) is 113 Å². The third kappa shape index (κ3) is 3.72. The quantitative estimate of drug-likeness (QED) is 0.669. The van der Waals surface area contributed by atoms with Gasteiger partial charge in [0.05, 0.1) is 11.3 Å². The lowest BCUT2D eigenvalue weighted by Crippen LogP contribution is -2.31. The molecule has 0 aliphatic carbocycles. The zero-order valence-electron chi connectivity index (χ0n) is 11.7. The van der Waals surface area contributed by atoms with E-state index in [4.69, 9.17) is 10.8 Å². The molecule has 0 aromatic heterocycles. The molecule has 1 saturated heterocycles. The highest BCUT2D eigenvalue weighted by Gasteiger charge is 2.23. The molecule has 7 nitrogen and oxygen atoms in total. The van der Waals surface area contributed by atoms with E-state index in [-0.39, 0.29) is 22.1 Å². The van der Waals surface area contributed by atoms with E-state index in [2.05, 4.69) is 9.62 Å². The first-order chi connectivity index (χ1) is 9.79. The summed E-state index contributed by atoms with van der Waals surface area (Å²) in [5.74, 6) is -0.864. The molecule has 1 unspecified atom stereocenters. The molecule has 1 aromatic rings. The fraction of sp³-hybridized carbons (Fsp3) is 0.462. The van der Waals surface area contributed by atoms with Crippen LogP contribution in [0.5, 0.6) is 0 Å². The van der Waals surface area contributed by atoms with Crippen molar-refractivity contribution in [3.05, 3.63) is 23.8 Å². The molecule has 1 fully saturated rings. The van der Waals surface area contributed by atoms with Crippen LogP contribution in [0.4, 0.5) is 5.69 Å². The molecule has 1 atom stereocenters. The zero-order chi connectivity index (χ0) is 15.6. The van der Waals surface area contributed by atoms with Crippen LogP contribution < -0.4 is 10.5 Å². The van der Waals surface area contributed by atoms with Gasteiger partial charge in [0.2, 0.25) is 10.0 Å². The molecule has 0 spiro atoms. The van der Waals surface area contributed by atoms with Crippen molar-refractivity contribution in [2.45, 2.75) is 11.3 Å². The second-order valence-corrected chi connectivity index (χ2v) is 7.06. The molecule has 8 heteroatoms. The average Bonchev–Trinajstić information content (AvgIpc) is 2.82. The number of carbonyl (C=O) groups is 1. The van der Waals surface area contributed by atoms with E-state index < -0.39 is 16.0 Å². The number of carboxylic acids is 1. The summed E-state index contributed by atoms with van der Waals surface area (Å²) >= 11 is 0. The van der Waals surface area contributed by atoms with Gasteiger partial charge in [0.1, 0.15) is 4.90 Å². The van der Waals surface area contributed by atoms with E-state index >= 15 is 0 Å². The van der Waals surface area contributed by atoms with Crippen LogP contribution in [0, 0.1) is 5.92 Å². The average molecular weight is 313 g/mol. The van der Waals surface area contributed by atoms with Crippen LogP contribution in [0.2, 0.25) is 0 Å². The summed E-state index contributed by atoms with van der Waals surface area (Å²) in [4.78, 5) is 12.9. The number of carboxylic acid groups (broad SMARTS) is 1. The first-order valence-electron chi connectivity index (χ1n) is 6.60. The number of nitrogens with zero attached hydrogens (tertiary/aromatic N) is 1. The molecule has 1 aliphatic rings. The molecule has 1 heterocycles. The van der Waals surface area contributed by atoms with Gasteiger partial charge >= 0.3 is 5.97 Å². The second-order valence-electron chi connectivity index (χ2n) is 5.33. The minimum Gasteiger partial charge on any atom is -0.478 e. The Morgan fingerprint density at radius 3 is 2.76 bits per heavy atom. The number of sulfonamides is 1. The van der Waals surface area contributed by atoms with Crippen molar-refractivity contribution in [2.24, 2.45) is 5.92 Å². The van der Waals surface area contributed by atoms with Crippen molar-refractivity contribution in [3.8, 4) is 0 Å². The predicted octanol–water partition coefficient (Wildman–Crippen LogP) is 0.197. The molecule has 0 radical (unpaired) electrons. The Hall–Kier alpha value is -1.64. The number of nitrogens with two attached hydrogens (primary N) is 1. The molecule has 21 heavy (non-hydrogen) atoms. The van der Waals surface area contributed by atoms with Gasteiger partial charge < -0.3 is 15.7 Å². The minimum absolute atomic E-state index is 0.0381. The Kier molecular flexibility index (Phi) is 4.50. The summed E-state index contributed by atoms with van der Waals surface area (Å²) in [6.45, 7) is 2.17. The van der Waals surface area contributed by atoms with Crippen molar-refractivity contribution in [3.63, 3.8) is 0 Å². The molecule has 1 aromatic carbocycles.